The normalized spacial score (nSPS) is 13.1. The molecule has 1 aromatic heterocycles. The zero-order chi connectivity index (χ0) is 14.7. The average Bonchev–Trinajstić information content (AvgIpc) is 3.06. The van der Waals surface area contributed by atoms with Gasteiger partial charge >= 0.3 is 0 Å². The molecule has 2 aromatic rings. The van der Waals surface area contributed by atoms with E-state index in [1.54, 1.807) is 6.08 Å². The van der Waals surface area contributed by atoms with Crippen molar-refractivity contribution in [1.82, 2.24) is 0 Å². The van der Waals surface area contributed by atoms with Crippen molar-refractivity contribution >= 4 is 28.3 Å². The number of amides is 1. The topological polar surface area (TPSA) is 52.9 Å². The molecule has 0 radical (unpaired) electrons. The first kappa shape index (κ1) is 13.6. The third-order valence-corrected chi connectivity index (χ3v) is 4.70. The van der Waals surface area contributed by atoms with Crippen LogP contribution in [0, 0.1) is 11.3 Å². The Morgan fingerprint density at radius 1 is 1.29 bits per heavy atom. The van der Waals surface area contributed by atoms with Crippen LogP contribution in [0.4, 0.5) is 5.00 Å². The number of carbonyl (C=O) groups excluding carboxylic acids is 1. The molecule has 0 bridgehead atoms. The third kappa shape index (κ3) is 2.88. The largest absolute Gasteiger partial charge is 0.313 e. The molecular weight excluding hydrogens is 280 g/mol. The van der Waals surface area contributed by atoms with Crippen LogP contribution in [-0.2, 0) is 17.6 Å². The van der Waals surface area contributed by atoms with Crippen LogP contribution in [0.25, 0.3) is 6.08 Å². The Hall–Kier alpha value is -2.38. The van der Waals surface area contributed by atoms with Gasteiger partial charge in [-0.15, -0.1) is 11.3 Å². The molecule has 1 heterocycles. The molecule has 1 aliphatic rings. The van der Waals surface area contributed by atoms with Gasteiger partial charge in [0.15, 0.2) is 0 Å². The Bertz CT molecular complexity index is 738. The van der Waals surface area contributed by atoms with E-state index < -0.39 is 0 Å². The number of nitrogens with zero attached hydrogens (tertiary/aromatic N) is 1. The maximum atomic E-state index is 12.0. The number of anilines is 1. The first-order valence-corrected chi connectivity index (χ1v) is 7.68. The van der Waals surface area contributed by atoms with Gasteiger partial charge in [0.1, 0.15) is 11.1 Å². The van der Waals surface area contributed by atoms with Crippen LogP contribution in [-0.4, -0.2) is 5.91 Å². The number of fused-ring (bicyclic) bond motifs is 1. The molecule has 0 aliphatic heterocycles. The molecule has 1 N–H and O–H groups in total. The maximum absolute atomic E-state index is 12.0. The maximum Gasteiger partial charge on any atom is 0.249 e. The van der Waals surface area contributed by atoms with Crippen molar-refractivity contribution in [3.05, 3.63) is 58.0 Å². The summed E-state index contributed by atoms with van der Waals surface area (Å²) in [5.41, 5.74) is 2.75. The number of thiophene rings is 1. The molecule has 104 valence electrons. The molecule has 4 heteroatoms. The van der Waals surface area contributed by atoms with Crippen molar-refractivity contribution in [1.29, 1.82) is 5.26 Å². The fourth-order valence-corrected chi connectivity index (χ4v) is 3.74. The van der Waals surface area contributed by atoms with Crippen LogP contribution in [0.3, 0.4) is 0 Å². The third-order valence-electron chi connectivity index (χ3n) is 3.50. The fourth-order valence-electron chi connectivity index (χ4n) is 2.50. The van der Waals surface area contributed by atoms with Crippen LogP contribution in [0.5, 0.6) is 0 Å². The lowest BCUT2D eigenvalue weighted by Crippen LogP contribution is -2.07. The molecule has 0 fully saturated rings. The minimum atomic E-state index is -0.199. The van der Waals surface area contributed by atoms with Crippen molar-refractivity contribution in [2.24, 2.45) is 0 Å². The number of hydrogen-bond acceptors (Lipinski definition) is 3. The molecule has 0 unspecified atom stereocenters. The molecule has 0 atom stereocenters. The number of rotatable bonds is 3. The van der Waals surface area contributed by atoms with Crippen LogP contribution in [0.15, 0.2) is 36.4 Å². The summed E-state index contributed by atoms with van der Waals surface area (Å²) < 4.78 is 0. The predicted molar refractivity (Wildman–Crippen MR) is 85.2 cm³/mol. The van der Waals surface area contributed by atoms with Crippen molar-refractivity contribution in [2.75, 3.05) is 5.32 Å². The van der Waals surface area contributed by atoms with Crippen LogP contribution >= 0.6 is 11.3 Å². The van der Waals surface area contributed by atoms with Gasteiger partial charge in [0.05, 0.1) is 5.56 Å². The number of benzene rings is 1. The summed E-state index contributed by atoms with van der Waals surface area (Å²) in [6.07, 6.45) is 6.34. The lowest BCUT2D eigenvalue weighted by Gasteiger charge is -2.00. The zero-order valence-electron chi connectivity index (χ0n) is 11.4. The van der Waals surface area contributed by atoms with Crippen LogP contribution in [0.2, 0.25) is 0 Å². The monoisotopic (exact) mass is 294 g/mol. The molecule has 0 saturated carbocycles. The number of nitriles is 1. The molecular formula is C17H14N2OS. The second-order valence-electron chi connectivity index (χ2n) is 4.91. The Morgan fingerprint density at radius 3 is 2.86 bits per heavy atom. The Morgan fingerprint density at radius 2 is 2.10 bits per heavy atom. The van der Waals surface area contributed by atoms with Crippen molar-refractivity contribution in [3.63, 3.8) is 0 Å². The molecule has 3 nitrogen and oxygen atoms in total. The van der Waals surface area contributed by atoms with Gasteiger partial charge in [-0.3, -0.25) is 4.79 Å². The summed E-state index contributed by atoms with van der Waals surface area (Å²) >= 11 is 1.53. The van der Waals surface area contributed by atoms with Crippen molar-refractivity contribution in [3.8, 4) is 6.07 Å². The highest BCUT2D eigenvalue weighted by Crippen LogP contribution is 2.38. The Labute approximate surface area is 127 Å². The van der Waals surface area contributed by atoms with E-state index >= 15 is 0 Å². The second kappa shape index (κ2) is 5.94. The summed E-state index contributed by atoms with van der Waals surface area (Å²) in [5.74, 6) is -0.199. The van der Waals surface area contributed by atoms with Gasteiger partial charge in [0.2, 0.25) is 5.91 Å². The summed E-state index contributed by atoms with van der Waals surface area (Å²) in [5, 5.41) is 12.8. The SMILES string of the molecule is N#Cc1c(NC(=O)/C=C/c2ccccc2)sc2c1CCC2. The van der Waals surface area contributed by atoms with E-state index in [0.717, 1.165) is 30.4 Å². The van der Waals surface area contributed by atoms with Gasteiger partial charge in [-0.05, 0) is 36.5 Å². The van der Waals surface area contributed by atoms with Gasteiger partial charge in [-0.1, -0.05) is 30.3 Å². The van der Waals surface area contributed by atoms with E-state index in [4.69, 9.17) is 0 Å². The molecule has 1 aliphatic carbocycles. The molecule has 3 rings (SSSR count). The average molecular weight is 294 g/mol. The van der Waals surface area contributed by atoms with E-state index in [1.165, 1.54) is 22.3 Å². The highest BCUT2D eigenvalue weighted by atomic mass is 32.1. The van der Waals surface area contributed by atoms with E-state index in [9.17, 15) is 10.1 Å². The number of hydrogen-bond donors (Lipinski definition) is 1. The summed E-state index contributed by atoms with van der Waals surface area (Å²) in [7, 11) is 0. The summed E-state index contributed by atoms with van der Waals surface area (Å²) in [6.45, 7) is 0. The minimum absolute atomic E-state index is 0.199. The van der Waals surface area contributed by atoms with Gasteiger partial charge < -0.3 is 5.32 Å². The molecule has 0 spiro atoms. The van der Waals surface area contributed by atoms with Gasteiger partial charge in [-0.25, -0.2) is 0 Å². The lowest BCUT2D eigenvalue weighted by molar-refractivity contribution is -0.111. The minimum Gasteiger partial charge on any atom is -0.313 e. The van der Waals surface area contributed by atoms with Crippen LogP contribution in [0.1, 0.15) is 28.0 Å². The standard InChI is InChI=1S/C17H14N2OS/c18-11-14-13-7-4-8-15(13)21-17(14)19-16(20)10-9-12-5-2-1-3-6-12/h1-3,5-6,9-10H,4,7-8H2,(H,19,20)/b10-9+. The van der Waals surface area contributed by atoms with E-state index in [2.05, 4.69) is 11.4 Å². The van der Waals surface area contributed by atoms with E-state index in [-0.39, 0.29) is 5.91 Å². The molecule has 0 saturated heterocycles. The molecule has 1 amide bonds. The van der Waals surface area contributed by atoms with Gasteiger partial charge in [0.25, 0.3) is 0 Å². The fraction of sp³-hybridized carbons (Fsp3) is 0.176. The first-order chi connectivity index (χ1) is 10.3. The lowest BCUT2D eigenvalue weighted by atomic mass is 10.1. The highest BCUT2D eigenvalue weighted by molar-refractivity contribution is 7.16. The molecule has 21 heavy (non-hydrogen) atoms. The van der Waals surface area contributed by atoms with E-state index in [0.29, 0.717) is 10.6 Å². The molecule has 1 aromatic carbocycles. The summed E-state index contributed by atoms with van der Waals surface area (Å²) in [4.78, 5) is 13.2. The first-order valence-electron chi connectivity index (χ1n) is 6.86. The van der Waals surface area contributed by atoms with Gasteiger partial charge in [-0.2, -0.15) is 5.26 Å². The van der Waals surface area contributed by atoms with E-state index in [1.807, 2.05) is 30.3 Å². The number of carbonyl (C=O) groups is 1. The Kier molecular flexibility index (Phi) is 3.85. The van der Waals surface area contributed by atoms with Crippen molar-refractivity contribution < 1.29 is 4.79 Å². The second-order valence-corrected chi connectivity index (χ2v) is 6.01. The van der Waals surface area contributed by atoms with Crippen molar-refractivity contribution in [2.45, 2.75) is 19.3 Å². The van der Waals surface area contributed by atoms with Crippen LogP contribution < -0.4 is 5.32 Å². The van der Waals surface area contributed by atoms with Gasteiger partial charge in [0, 0.05) is 11.0 Å². The number of aryl methyl sites for hydroxylation is 1. The number of nitrogens with one attached hydrogen (secondary N) is 1. The highest BCUT2D eigenvalue weighted by Gasteiger charge is 2.22. The predicted octanol–water partition coefficient (Wildman–Crippen LogP) is 3.76. The smallest absolute Gasteiger partial charge is 0.249 e. The zero-order valence-corrected chi connectivity index (χ0v) is 12.2. The Balaban J connectivity index is 1.74. The quantitative estimate of drug-likeness (QED) is 0.876. The summed E-state index contributed by atoms with van der Waals surface area (Å²) in [6, 6.07) is 11.9.